The van der Waals surface area contributed by atoms with Crippen molar-refractivity contribution in [3.05, 3.63) is 23.4 Å². The second kappa shape index (κ2) is 8.59. The third-order valence-electron chi connectivity index (χ3n) is 2.83. The molecule has 1 amide bonds. The topological polar surface area (TPSA) is 89.3 Å². The number of carbonyl (C=O) groups excluding carboxylic acids is 1. The third-order valence-corrected chi connectivity index (χ3v) is 2.83. The number of carbonyl (C=O) groups is 1. The van der Waals surface area contributed by atoms with Crippen molar-refractivity contribution in [3.8, 4) is 0 Å². The summed E-state index contributed by atoms with van der Waals surface area (Å²) in [6, 6.07) is 3.42. The van der Waals surface area contributed by atoms with Crippen LogP contribution < -0.4 is 16.6 Å². The van der Waals surface area contributed by atoms with Crippen LogP contribution in [-0.2, 0) is 4.74 Å². The van der Waals surface area contributed by atoms with E-state index in [2.05, 4.69) is 29.6 Å². The number of hydrazine groups is 1. The molecular weight excluding hydrogens is 268 g/mol. The molecule has 0 spiro atoms. The Hall–Kier alpha value is -1.66. The van der Waals surface area contributed by atoms with Crippen LogP contribution >= 0.6 is 0 Å². The fraction of sp³-hybridized carbons (Fsp3) is 0.600. The molecule has 1 aromatic rings. The van der Waals surface area contributed by atoms with Gasteiger partial charge in [-0.1, -0.05) is 27.7 Å². The van der Waals surface area contributed by atoms with Gasteiger partial charge < -0.3 is 15.5 Å². The maximum Gasteiger partial charge on any atom is 0.251 e. The van der Waals surface area contributed by atoms with Crippen LogP contribution in [0, 0.1) is 5.92 Å². The van der Waals surface area contributed by atoms with Gasteiger partial charge in [0.05, 0.1) is 6.61 Å². The molecule has 0 atom stereocenters. The summed E-state index contributed by atoms with van der Waals surface area (Å²) in [5.74, 6) is 6.45. The highest BCUT2D eigenvalue weighted by molar-refractivity contribution is 5.95. The number of hydrogen-bond donors (Lipinski definition) is 3. The first kappa shape index (κ1) is 17.4. The Morgan fingerprint density at radius 2 is 2.05 bits per heavy atom. The van der Waals surface area contributed by atoms with Gasteiger partial charge in [0.15, 0.2) is 0 Å². The van der Waals surface area contributed by atoms with E-state index < -0.39 is 0 Å². The molecule has 1 heterocycles. The lowest BCUT2D eigenvalue weighted by Gasteiger charge is -2.11. The Morgan fingerprint density at radius 1 is 1.33 bits per heavy atom. The predicted molar refractivity (Wildman–Crippen MR) is 84.1 cm³/mol. The van der Waals surface area contributed by atoms with Crippen LogP contribution in [0.5, 0.6) is 0 Å². The van der Waals surface area contributed by atoms with Crippen molar-refractivity contribution in [1.29, 1.82) is 0 Å². The molecule has 0 radical (unpaired) electrons. The van der Waals surface area contributed by atoms with Crippen molar-refractivity contribution < 1.29 is 9.53 Å². The van der Waals surface area contributed by atoms with Gasteiger partial charge in [0.1, 0.15) is 5.82 Å². The van der Waals surface area contributed by atoms with Gasteiger partial charge in [-0.25, -0.2) is 10.8 Å². The standard InChI is InChI=1S/C15H26N4O2/c1-10(2)9-21-6-5-17-15(20)12-7-13(11(3)4)18-14(8-12)19-16/h7-8,10-11H,5-6,9,16H2,1-4H3,(H,17,20)(H,18,19). The zero-order valence-corrected chi connectivity index (χ0v) is 13.3. The van der Waals surface area contributed by atoms with E-state index in [1.54, 1.807) is 12.1 Å². The van der Waals surface area contributed by atoms with Gasteiger partial charge in [-0.05, 0) is 24.0 Å². The first-order chi connectivity index (χ1) is 9.93. The van der Waals surface area contributed by atoms with E-state index in [0.29, 0.717) is 37.1 Å². The number of anilines is 1. The fourth-order valence-electron chi connectivity index (χ4n) is 1.71. The van der Waals surface area contributed by atoms with Crippen molar-refractivity contribution in [2.24, 2.45) is 11.8 Å². The molecule has 0 aliphatic rings. The predicted octanol–water partition coefficient (Wildman–Crippen LogP) is 1.89. The molecule has 21 heavy (non-hydrogen) atoms. The van der Waals surface area contributed by atoms with E-state index in [1.807, 2.05) is 13.8 Å². The van der Waals surface area contributed by atoms with E-state index in [0.717, 1.165) is 5.69 Å². The van der Waals surface area contributed by atoms with E-state index in [4.69, 9.17) is 10.6 Å². The minimum absolute atomic E-state index is 0.149. The van der Waals surface area contributed by atoms with Crippen LogP contribution in [0.15, 0.2) is 12.1 Å². The molecule has 4 N–H and O–H groups in total. The Bertz CT molecular complexity index is 461. The van der Waals surface area contributed by atoms with Crippen molar-refractivity contribution in [3.63, 3.8) is 0 Å². The molecule has 1 aromatic heterocycles. The summed E-state index contributed by atoms with van der Waals surface area (Å²) < 4.78 is 5.43. The molecule has 6 nitrogen and oxygen atoms in total. The molecule has 1 rings (SSSR count). The lowest BCUT2D eigenvalue weighted by atomic mass is 10.1. The molecule has 0 aliphatic heterocycles. The average Bonchev–Trinajstić information content (AvgIpc) is 2.45. The molecule has 0 unspecified atom stereocenters. The number of aromatic nitrogens is 1. The minimum Gasteiger partial charge on any atom is -0.379 e. The second-order valence-electron chi connectivity index (χ2n) is 5.69. The minimum atomic E-state index is -0.149. The normalized spacial score (nSPS) is 11.0. The Balaban J connectivity index is 2.59. The van der Waals surface area contributed by atoms with Gasteiger partial charge in [0.2, 0.25) is 0 Å². The monoisotopic (exact) mass is 294 g/mol. The van der Waals surface area contributed by atoms with Crippen LogP contribution in [0.1, 0.15) is 49.7 Å². The molecule has 0 saturated heterocycles. The molecule has 0 bridgehead atoms. The summed E-state index contributed by atoms with van der Waals surface area (Å²) >= 11 is 0. The number of nitrogens with two attached hydrogens (primary N) is 1. The van der Waals surface area contributed by atoms with Gasteiger partial charge in [-0.15, -0.1) is 0 Å². The Labute approximate surface area is 126 Å². The number of amides is 1. The van der Waals surface area contributed by atoms with Crippen molar-refractivity contribution in [2.75, 3.05) is 25.2 Å². The van der Waals surface area contributed by atoms with Crippen LogP contribution in [-0.4, -0.2) is 30.6 Å². The number of pyridine rings is 1. The third kappa shape index (κ3) is 6.10. The smallest absolute Gasteiger partial charge is 0.251 e. The summed E-state index contributed by atoms with van der Waals surface area (Å²) in [4.78, 5) is 16.4. The highest BCUT2D eigenvalue weighted by atomic mass is 16.5. The first-order valence-corrected chi connectivity index (χ1v) is 7.28. The number of rotatable bonds is 8. The number of nitrogens with zero attached hydrogens (tertiary/aromatic N) is 1. The lowest BCUT2D eigenvalue weighted by molar-refractivity contribution is 0.0886. The van der Waals surface area contributed by atoms with E-state index in [1.165, 1.54) is 0 Å². The van der Waals surface area contributed by atoms with Gasteiger partial charge in [-0.2, -0.15) is 0 Å². The maximum absolute atomic E-state index is 12.1. The Kier molecular flexibility index (Phi) is 7.11. The summed E-state index contributed by atoms with van der Waals surface area (Å²) in [7, 11) is 0. The zero-order chi connectivity index (χ0) is 15.8. The van der Waals surface area contributed by atoms with Gasteiger partial charge in [0.25, 0.3) is 5.91 Å². The molecule has 0 saturated carbocycles. The molecule has 6 heteroatoms. The molecule has 0 fully saturated rings. The van der Waals surface area contributed by atoms with E-state index in [-0.39, 0.29) is 11.8 Å². The zero-order valence-electron chi connectivity index (χ0n) is 13.3. The van der Waals surface area contributed by atoms with Crippen LogP contribution in [0.25, 0.3) is 0 Å². The lowest BCUT2D eigenvalue weighted by Crippen LogP contribution is -2.28. The average molecular weight is 294 g/mol. The second-order valence-corrected chi connectivity index (χ2v) is 5.69. The van der Waals surface area contributed by atoms with Gasteiger partial charge in [0, 0.05) is 24.4 Å². The largest absolute Gasteiger partial charge is 0.379 e. The molecular formula is C15H26N4O2. The van der Waals surface area contributed by atoms with Gasteiger partial charge in [-0.3, -0.25) is 4.79 Å². The van der Waals surface area contributed by atoms with Crippen molar-refractivity contribution in [1.82, 2.24) is 10.3 Å². The summed E-state index contributed by atoms with van der Waals surface area (Å²) in [5.41, 5.74) is 3.86. The quantitative estimate of drug-likeness (QED) is 0.387. The summed E-state index contributed by atoms with van der Waals surface area (Å²) in [5, 5.41) is 2.83. The van der Waals surface area contributed by atoms with Crippen molar-refractivity contribution >= 4 is 11.7 Å². The van der Waals surface area contributed by atoms with E-state index in [9.17, 15) is 4.79 Å². The molecule has 118 valence electrons. The summed E-state index contributed by atoms with van der Waals surface area (Å²) in [6.45, 7) is 9.90. The maximum atomic E-state index is 12.1. The first-order valence-electron chi connectivity index (χ1n) is 7.28. The van der Waals surface area contributed by atoms with Gasteiger partial charge >= 0.3 is 0 Å². The van der Waals surface area contributed by atoms with Crippen LogP contribution in [0.4, 0.5) is 5.82 Å². The van der Waals surface area contributed by atoms with E-state index >= 15 is 0 Å². The number of hydrogen-bond acceptors (Lipinski definition) is 5. The van der Waals surface area contributed by atoms with Crippen LogP contribution in [0.2, 0.25) is 0 Å². The Morgan fingerprint density at radius 3 is 2.62 bits per heavy atom. The highest BCUT2D eigenvalue weighted by Crippen LogP contribution is 2.17. The number of nitrogen functional groups attached to an aromatic ring is 1. The fourth-order valence-corrected chi connectivity index (χ4v) is 1.71. The summed E-state index contributed by atoms with van der Waals surface area (Å²) in [6.07, 6.45) is 0. The number of nitrogens with one attached hydrogen (secondary N) is 2. The highest BCUT2D eigenvalue weighted by Gasteiger charge is 2.11. The SMILES string of the molecule is CC(C)COCCNC(=O)c1cc(NN)nc(C(C)C)c1. The van der Waals surface area contributed by atoms with Crippen LogP contribution in [0.3, 0.4) is 0 Å². The van der Waals surface area contributed by atoms with Crippen molar-refractivity contribution in [2.45, 2.75) is 33.6 Å². The number of ether oxygens (including phenoxy) is 1. The molecule has 0 aliphatic carbocycles. The molecule has 0 aromatic carbocycles.